The van der Waals surface area contributed by atoms with E-state index in [1.165, 1.54) is 18.2 Å². The van der Waals surface area contributed by atoms with Crippen LogP contribution in [0.15, 0.2) is 86.4 Å². The van der Waals surface area contributed by atoms with Crippen molar-refractivity contribution in [2.75, 3.05) is 6.61 Å². The molecule has 0 saturated carbocycles. The van der Waals surface area contributed by atoms with Crippen LogP contribution in [0.1, 0.15) is 55.8 Å². The van der Waals surface area contributed by atoms with Gasteiger partial charge in [0.2, 0.25) is 11.9 Å². The lowest BCUT2D eigenvalue weighted by Gasteiger charge is -2.53. The Morgan fingerprint density at radius 3 is 2.38 bits per heavy atom. The molecule has 12 unspecified atom stereocenters. The Morgan fingerprint density at radius 1 is 0.944 bits per heavy atom. The molecule has 0 radical (unpaired) electrons. The number of esters is 1. The number of hydrogen-bond donors (Lipinski definition) is 14. The number of carbonyl (C=O) groups is 2. The Balaban J connectivity index is 1.33. The molecule has 71 heavy (non-hydrogen) atoms. The van der Waals surface area contributed by atoms with Gasteiger partial charge in [-0.15, -0.1) is 0 Å². The quantitative estimate of drug-likeness (QED) is 0.0444. The smallest absolute Gasteiger partial charge is 0.351 e. The number of rotatable bonds is 9. The van der Waals surface area contributed by atoms with Crippen molar-refractivity contribution in [1.29, 1.82) is 0 Å². The minimum atomic E-state index is -3.03. The van der Waals surface area contributed by atoms with Crippen LogP contribution in [0, 0.1) is 11.8 Å². The molecule has 2 fully saturated rings. The lowest BCUT2D eigenvalue weighted by molar-refractivity contribution is -0.354. The molecule has 4 aromatic rings. The predicted molar refractivity (Wildman–Crippen MR) is 243 cm³/mol. The number of allylic oxidation sites excluding steroid dienone is 4. The first-order valence-corrected chi connectivity index (χ1v) is 22.6. The van der Waals surface area contributed by atoms with Gasteiger partial charge in [-0.3, -0.25) is 4.79 Å². The highest BCUT2D eigenvalue weighted by molar-refractivity contribution is 5.90. The van der Waals surface area contributed by atoms with Crippen molar-refractivity contribution in [2.45, 2.75) is 118 Å². The van der Waals surface area contributed by atoms with Crippen LogP contribution in [0.4, 0.5) is 0 Å². The number of dihydropyridines is 1. The topological polar surface area (TPSA) is 378 Å². The van der Waals surface area contributed by atoms with Crippen molar-refractivity contribution in [3.63, 3.8) is 0 Å². The third kappa shape index (κ3) is 7.73. The molecule has 2 spiro atoms. The number of ether oxygens (including phenoxy) is 4. The zero-order valence-electron chi connectivity index (χ0n) is 37.9. The van der Waals surface area contributed by atoms with Crippen molar-refractivity contribution in [3.8, 4) is 46.2 Å². The van der Waals surface area contributed by atoms with Crippen LogP contribution in [-0.4, -0.2) is 146 Å². The largest absolute Gasteiger partial charge is 0.507 e. The number of aromatic amines is 1. The molecular weight excluding hydrogens is 935 g/mol. The van der Waals surface area contributed by atoms with Gasteiger partial charge in [0.1, 0.15) is 58.7 Å². The van der Waals surface area contributed by atoms with Gasteiger partial charge < -0.3 is 95.6 Å². The molecule has 2 aromatic heterocycles. The molecule has 12 atom stereocenters. The van der Waals surface area contributed by atoms with E-state index in [1.807, 2.05) is 13.8 Å². The molecule has 0 aliphatic carbocycles. The standard InChI is InChI=1S/C49H51N3O19/c1-3-20-14-25(27(4-2)52-43(20)50)26-17-23(16-24-7-5-11-51-24)49(69-32-19-31-34(36(57)33(26)32)28(54)18-30(67-31)22-13-21(8-12-53)35(56)29(55)15-22)42(63)39(60)41(62)48(71-49)10-6-9-47(45(64)65)40(61)37(58)38(59)44(70-47)68-46(48)66/h5,7,11,13-15,17-19,26,37-44,51-53,55-63H,3-4,8,10,12,16,50H2,1-2H3,(H,64,65). The average molecular weight is 986 g/mol. The number of benzene rings is 2. The van der Waals surface area contributed by atoms with E-state index in [1.54, 1.807) is 24.4 Å². The SMILES string of the molecule is CCC1=CC(C2C=C(Cc3ccc[nH]3)C3(Oc4cc5oc(-c6cc(O)c(O)c(CCO)c6)cc(=O)c5c(O)c42)OC2(CC#CC4(C(=O)O)OC(OC2=O)C(O)C(O)C4O)C(O)C(O)C3O)=C(CC)NC1N. The van der Waals surface area contributed by atoms with Crippen molar-refractivity contribution in [1.82, 2.24) is 10.3 Å². The number of fused-ring (bicyclic) bond motifs is 4. The summed E-state index contributed by atoms with van der Waals surface area (Å²) in [6.45, 7) is 3.29. The van der Waals surface area contributed by atoms with E-state index in [4.69, 9.17) is 29.1 Å². The van der Waals surface area contributed by atoms with Crippen molar-refractivity contribution < 1.29 is 89.1 Å². The molecule has 2 saturated heterocycles. The zero-order chi connectivity index (χ0) is 51.1. The molecule has 22 heteroatoms. The third-order valence-electron chi connectivity index (χ3n) is 13.8. The minimum Gasteiger partial charge on any atom is -0.507 e. The molecule has 15 N–H and O–H groups in total. The molecule has 2 bridgehead atoms. The molecule has 9 rings (SSSR count). The number of aliphatic carboxylic acids is 1. The van der Waals surface area contributed by atoms with E-state index in [2.05, 4.69) is 22.1 Å². The van der Waals surface area contributed by atoms with Crippen LogP contribution in [0.5, 0.6) is 23.0 Å². The number of aromatic hydroxyl groups is 3. The van der Waals surface area contributed by atoms with E-state index >= 15 is 0 Å². The normalized spacial score (nSPS) is 32.5. The van der Waals surface area contributed by atoms with Gasteiger partial charge in [0.15, 0.2) is 23.0 Å². The maximum atomic E-state index is 14.8. The van der Waals surface area contributed by atoms with Crippen LogP contribution in [0.3, 0.4) is 0 Å². The summed E-state index contributed by atoms with van der Waals surface area (Å²) in [5, 5.41) is 126. The third-order valence-corrected chi connectivity index (χ3v) is 13.8. The molecule has 7 heterocycles. The first-order valence-electron chi connectivity index (χ1n) is 22.6. The van der Waals surface area contributed by atoms with Gasteiger partial charge in [-0.1, -0.05) is 37.8 Å². The summed E-state index contributed by atoms with van der Waals surface area (Å²) in [7, 11) is 0. The summed E-state index contributed by atoms with van der Waals surface area (Å²) in [4.78, 5) is 44.9. The van der Waals surface area contributed by atoms with Gasteiger partial charge >= 0.3 is 11.9 Å². The van der Waals surface area contributed by atoms with Crippen molar-refractivity contribution in [3.05, 3.63) is 104 Å². The van der Waals surface area contributed by atoms with Crippen molar-refractivity contribution in [2.24, 2.45) is 5.73 Å². The number of aliphatic hydroxyl groups excluding tert-OH is 7. The summed E-state index contributed by atoms with van der Waals surface area (Å²) < 4.78 is 30.6. The Hall–Kier alpha value is -6.75. The Bertz CT molecular complexity index is 3040. The number of carboxylic acid groups (broad SMARTS) is 1. The lowest BCUT2D eigenvalue weighted by atomic mass is 9.77. The fraction of sp³-hybridized carbons (Fsp3) is 0.408. The van der Waals surface area contributed by atoms with Gasteiger partial charge in [-0.2, -0.15) is 0 Å². The van der Waals surface area contributed by atoms with Crippen LogP contribution in [0.2, 0.25) is 0 Å². The number of phenolic OH excluding ortho intramolecular Hbond substituents is 3. The summed E-state index contributed by atoms with van der Waals surface area (Å²) in [5.41, 5.74) is 1.46. The number of carbonyl (C=O) groups excluding carboxylic acids is 1. The monoisotopic (exact) mass is 985 g/mol. The number of phenols is 3. The zero-order valence-corrected chi connectivity index (χ0v) is 37.9. The highest BCUT2D eigenvalue weighted by Gasteiger charge is 2.69. The number of H-pyrrole nitrogens is 1. The fourth-order valence-corrected chi connectivity index (χ4v) is 9.97. The van der Waals surface area contributed by atoms with Crippen LogP contribution in [0.25, 0.3) is 22.3 Å². The number of aliphatic hydroxyl groups is 7. The number of hydrogen-bond acceptors (Lipinski definition) is 20. The maximum absolute atomic E-state index is 14.8. The van der Waals surface area contributed by atoms with Crippen LogP contribution >= 0.6 is 0 Å². The molecule has 0 amide bonds. The highest BCUT2D eigenvalue weighted by atomic mass is 16.8. The first-order chi connectivity index (χ1) is 33.7. The van der Waals surface area contributed by atoms with Gasteiger partial charge in [0.05, 0.1) is 12.6 Å². The summed E-state index contributed by atoms with van der Waals surface area (Å²) in [6.07, 6.45) is -13.2. The van der Waals surface area contributed by atoms with Crippen LogP contribution < -0.4 is 21.2 Å². The van der Waals surface area contributed by atoms with Gasteiger partial charge in [0.25, 0.3) is 11.4 Å². The van der Waals surface area contributed by atoms with Gasteiger partial charge in [-0.05, 0) is 54.7 Å². The minimum absolute atomic E-state index is 0.0650. The van der Waals surface area contributed by atoms with E-state index in [0.717, 1.165) is 12.1 Å². The summed E-state index contributed by atoms with van der Waals surface area (Å²) in [5.74, 6) is -5.56. The number of aromatic nitrogens is 1. The second-order valence-corrected chi connectivity index (χ2v) is 18.0. The lowest BCUT2D eigenvalue weighted by Crippen LogP contribution is -2.75. The van der Waals surface area contributed by atoms with Gasteiger partial charge in [-0.25, -0.2) is 9.59 Å². The summed E-state index contributed by atoms with van der Waals surface area (Å²) >= 11 is 0. The molecule has 2 aromatic carbocycles. The first kappa shape index (κ1) is 49.2. The molecular formula is C49H51N3O19. The van der Waals surface area contributed by atoms with Crippen molar-refractivity contribution >= 4 is 22.9 Å². The Labute approximate surface area is 402 Å². The van der Waals surface area contributed by atoms with Crippen LogP contribution in [-0.2, 0) is 36.6 Å². The average Bonchev–Trinajstić information content (AvgIpc) is 3.83. The molecule has 376 valence electrons. The number of nitrogens with one attached hydrogen (secondary N) is 2. The fourth-order valence-electron chi connectivity index (χ4n) is 9.97. The molecule has 22 nitrogen and oxygen atoms in total. The Morgan fingerprint density at radius 2 is 1.70 bits per heavy atom. The van der Waals surface area contributed by atoms with E-state index < -0.39 is 125 Å². The number of carboxylic acids is 1. The van der Waals surface area contributed by atoms with E-state index in [9.17, 15) is 70.6 Å². The molecule has 5 aliphatic heterocycles. The Kier molecular flexibility index (Phi) is 12.6. The highest BCUT2D eigenvalue weighted by Crippen LogP contribution is 2.54. The predicted octanol–water partition coefficient (Wildman–Crippen LogP) is -0.266. The maximum Gasteiger partial charge on any atom is 0.351 e. The van der Waals surface area contributed by atoms with Gasteiger partial charge in [0, 0.05) is 70.9 Å². The van der Waals surface area contributed by atoms with E-state index in [-0.39, 0.29) is 51.8 Å². The number of nitrogens with two attached hydrogens (primary N) is 1. The molecule has 5 aliphatic rings. The van der Waals surface area contributed by atoms with E-state index in [0.29, 0.717) is 35.4 Å². The second kappa shape index (κ2) is 18.1. The second-order valence-electron chi connectivity index (χ2n) is 18.0. The summed E-state index contributed by atoms with van der Waals surface area (Å²) in [6, 6.07) is 7.98.